The smallest absolute Gasteiger partial charge is 0.303 e. The van der Waals surface area contributed by atoms with Crippen molar-refractivity contribution in [2.75, 3.05) is 6.61 Å². The van der Waals surface area contributed by atoms with Crippen molar-refractivity contribution >= 4 is 16.7 Å². The summed E-state index contributed by atoms with van der Waals surface area (Å²) in [7, 11) is 0. The summed E-state index contributed by atoms with van der Waals surface area (Å²) < 4.78 is 6.43. The monoisotopic (exact) mass is 388 g/mol. The van der Waals surface area contributed by atoms with Crippen LogP contribution in [0.25, 0.3) is 21.9 Å². The van der Waals surface area contributed by atoms with Crippen LogP contribution in [0.15, 0.2) is 60.7 Å². The van der Waals surface area contributed by atoms with Crippen LogP contribution in [0.2, 0.25) is 0 Å². The Kier molecular flexibility index (Phi) is 6.14. The first-order valence-electron chi connectivity index (χ1n) is 10.7. The van der Waals surface area contributed by atoms with Gasteiger partial charge in [0.15, 0.2) is 0 Å². The van der Waals surface area contributed by atoms with Gasteiger partial charge in [0.1, 0.15) is 5.75 Å². The van der Waals surface area contributed by atoms with Gasteiger partial charge in [0.05, 0.1) is 6.61 Å². The second kappa shape index (κ2) is 9.13. The molecule has 3 aromatic rings. The highest BCUT2D eigenvalue weighted by Crippen LogP contribution is 2.37. The van der Waals surface area contributed by atoms with E-state index in [2.05, 4.69) is 60.7 Å². The van der Waals surface area contributed by atoms with Gasteiger partial charge >= 0.3 is 5.97 Å². The zero-order valence-corrected chi connectivity index (χ0v) is 16.8. The van der Waals surface area contributed by atoms with E-state index in [9.17, 15) is 4.79 Å². The fourth-order valence-corrected chi connectivity index (χ4v) is 4.34. The molecule has 3 nitrogen and oxygen atoms in total. The van der Waals surface area contributed by atoms with Gasteiger partial charge in [-0.3, -0.25) is 4.79 Å². The largest absolute Gasteiger partial charge is 0.492 e. The first-order valence-corrected chi connectivity index (χ1v) is 10.7. The highest BCUT2D eigenvalue weighted by Gasteiger charge is 2.18. The number of carboxylic acid groups (broad SMARTS) is 1. The Morgan fingerprint density at radius 2 is 1.76 bits per heavy atom. The Morgan fingerprint density at radius 3 is 2.55 bits per heavy atom. The number of hydrogen-bond acceptors (Lipinski definition) is 2. The molecule has 0 amide bonds. The van der Waals surface area contributed by atoms with E-state index in [4.69, 9.17) is 9.84 Å². The lowest BCUT2D eigenvalue weighted by Crippen LogP contribution is -2.10. The molecule has 0 unspecified atom stereocenters. The highest BCUT2D eigenvalue weighted by atomic mass is 16.5. The number of rotatable bonds is 8. The van der Waals surface area contributed by atoms with Gasteiger partial charge < -0.3 is 9.84 Å². The van der Waals surface area contributed by atoms with Crippen LogP contribution in [-0.4, -0.2) is 17.7 Å². The SMILES string of the molecule is O=C(O)CCCc1cccc(-c2ccc3ccccc3c2)c1OCC1CCCC1. The van der Waals surface area contributed by atoms with Crippen LogP contribution in [0.4, 0.5) is 0 Å². The van der Waals surface area contributed by atoms with Crippen molar-refractivity contribution in [2.24, 2.45) is 5.92 Å². The minimum Gasteiger partial charge on any atom is -0.492 e. The van der Waals surface area contributed by atoms with E-state index in [0.717, 1.165) is 29.0 Å². The second-order valence-corrected chi connectivity index (χ2v) is 8.06. The molecule has 0 atom stereocenters. The standard InChI is InChI=1S/C26H28O3/c27-25(28)14-6-12-21-11-5-13-24(26(21)29-18-19-7-1-2-8-19)23-16-15-20-9-3-4-10-22(20)17-23/h3-5,9-11,13,15-17,19H,1-2,6-8,12,14,18H2,(H,27,28). The van der Waals surface area contributed by atoms with Crippen LogP contribution in [0, 0.1) is 5.92 Å². The normalized spacial score (nSPS) is 14.3. The Hall–Kier alpha value is -2.81. The molecular weight excluding hydrogens is 360 g/mol. The Morgan fingerprint density at radius 1 is 0.966 bits per heavy atom. The van der Waals surface area contributed by atoms with Crippen molar-refractivity contribution < 1.29 is 14.6 Å². The molecule has 29 heavy (non-hydrogen) atoms. The number of carboxylic acids is 1. The van der Waals surface area contributed by atoms with Crippen LogP contribution in [0.5, 0.6) is 5.75 Å². The Labute approximate surface area is 172 Å². The molecule has 3 heteroatoms. The molecule has 1 aliphatic rings. The maximum atomic E-state index is 11.0. The van der Waals surface area contributed by atoms with E-state index in [1.54, 1.807) is 0 Å². The molecule has 0 saturated heterocycles. The summed E-state index contributed by atoms with van der Waals surface area (Å²) in [5.74, 6) is 0.815. The van der Waals surface area contributed by atoms with Gasteiger partial charge in [0.2, 0.25) is 0 Å². The Balaban J connectivity index is 1.66. The first kappa shape index (κ1) is 19.5. The third-order valence-electron chi connectivity index (χ3n) is 5.93. The van der Waals surface area contributed by atoms with E-state index in [0.29, 0.717) is 18.8 Å². The number of aliphatic carboxylic acids is 1. The van der Waals surface area contributed by atoms with Gasteiger partial charge in [-0.2, -0.15) is 0 Å². The average Bonchev–Trinajstić information content (AvgIpc) is 3.25. The van der Waals surface area contributed by atoms with E-state index in [1.165, 1.54) is 36.5 Å². The van der Waals surface area contributed by atoms with E-state index >= 15 is 0 Å². The molecule has 0 radical (unpaired) electrons. The van der Waals surface area contributed by atoms with Crippen LogP contribution in [0.1, 0.15) is 44.1 Å². The fourth-order valence-electron chi connectivity index (χ4n) is 4.34. The summed E-state index contributed by atoms with van der Waals surface area (Å²) >= 11 is 0. The molecular formula is C26H28O3. The van der Waals surface area contributed by atoms with Gasteiger partial charge in [0.25, 0.3) is 0 Å². The molecule has 3 aromatic carbocycles. The molecule has 1 N–H and O–H groups in total. The summed E-state index contributed by atoms with van der Waals surface area (Å²) in [5.41, 5.74) is 3.35. The number of fused-ring (bicyclic) bond motifs is 1. The van der Waals surface area contributed by atoms with Crippen LogP contribution >= 0.6 is 0 Å². The minimum absolute atomic E-state index is 0.183. The Bertz CT molecular complexity index is 986. The summed E-state index contributed by atoms with van der Waals surface area (Å²) in [4.78, 5) is 11.0. The number of ether oxygens (including phenoxy) is 1. The average molecular weight is 389 g/mol. The van der Waals surface area contributed by atoms with Crippen LogP contribution < -0.4 is 4.74 Å². The van der Waals surface area contributed by atoms with Gasteiger partial charge in [-0.1, -0.05) is 67.4 Å². The highest BCUT2D eigenvalue weighted by molar-refractivity contribution is 5.88. The molecule has 1 fully saturated rings. The third kappa shape index (κ3) is 4.79. The lowest BCUT2D eigenvalue weighted by molar-refractivity contribution is -0.137. The van der Waals surface area contributed by atoms with Gasteiger partial charge in [-0.25, -0.2) is 0 Å². The number of para-hydroxylation sites is 1. The van der Waals surface area contributed by atoms with Gasteiger partial charge in [-0.05, 0) is 59.6 Å². The fraction of sp³-hybridized carbons (Fsp3) is 0.346. The molecule has 0 aromatic heterocycles. The van der Waals surface area contributed by atoms with Crippen molar-refractivity contribution in [3.63, 3.8) is 0 Å². The zero-order valence-electron chi connectivity index (χ0n) is 16.8. The first-order chi connectivity index (χ1) is 14.2. The molecule has 0 aliphatic heterocycles. The topological polar surface area (TPSA) is 46.5 Å². The second-order valence-electron chi connectivity index (χ2n) is 8.06. The summed E-state index contributed by atoms with van der Waals surface area (Å²) in [5, 5.41) is 11.4. The molecule has 0 spiro atoms. The molecule has 1 aliphatic carbocycles. The maximum Gasteiger partial charge on any atom is 0.303 e. The number of benzene rings is 3. The molecule has 1 saturated carbocycles. The van der Waals surface area contributed by atoms with E-state index in [1.807, 2.05) is 0 Å². The van der Waals surface area contributed by atoms with Gasteiger partial charge in [-0.15, -0.1) is 0 Å². The predicted molar refractivity (Wildman–Crippen MR) is 117 cm³/mol. The minimum atomic E-state index is -0.746. The number of carbonyl (C=O) groups is 1. The van der Waals surface area contributed by atoms with E-state index in [-0.39, 0.29) is 6.42 Å². The van der Waals surface area contributed by atoms with Crippen molar-refractivity contribution in [2.45, 2.75) is 44.9 Å². The maximum absolute atomic E-state index is 11.0. The zero-order chi connectivity index (χ0) is 20.1. The predicted octanol–water partition coefficient (Wildman–Crippen LogP) is 6.48. The van der Waals surface area contributed by atoms with E-state index < -0.39 is 5.97 Å². The van der Waals surface area contributed by atoms with Crippen molar-refractivity contribution in [1.82, 2.24) is 0 Å². The van der Waals surface area contributed by atoms with Gasteiger partial charge in [0, 0.05) is 12.0 Å². The van der Waals surface area contributed by atoms with Crippen molar-refractivity contribution in [3.8, 4) is 16.9 Å². The lowest BCUT2D eigenvalue weighted by atomic mass is 9.96. The summed E-state index contributed by atoms with van der Waals surface area (Å²) in [6, 6.07) is 21.2. The van der Waals surface area contributed by atoms with Crippen LogP contribution in [-0.2, 0) is 11.2 Å². The van der Waals surface area contributed by atoms with Crippen LogP contribution in [0.3, 0.4) is 0 Å². The third-order valence-corrected chi connectivity index (χ3v) is 5.93. The summed E-state index contributed by atoms with van der Waals surface area (Å²) in [6.07, 6.45) is 6.60. The number of hydrogen-bond donors (Lipinski definition) is 1. The van der Waals surface area contributed by atoms with Crippen molar-refractivity contribution in [1.29, 1.82) is 0 Å². The molecule has 4 rings (SSSR count). The molecule has 0 heterocycles. The van der Waals surface area contributed by atoms with Crippen molar-refractivity contribution in [3.05, 3.63) is 66.2 Å². The lowest BCUT2D eigenvalue weighted by Gasteiger charge is -2.19. The summed E-state index contributed by atoms with van der Waals surface area (Å²) in [6.45, 7) is 0.747. The molecule has 0 bridgehead atoms. The molecule has 150 valence electrons. The quantitative estimate of drug-likeness (QED) is 0.480. The number of aryl methyl sites for hydroxylation is 1.